The fraction of sp³-hybridized carbons (Fsp3) is 0.100. The third kappa shape index (κ3) is 1.95. The van der Waals surface area contributed by atoms with Crippen LogP contribution in [-0.4, -0.2) is 11.4 Å². The number of aryl methyl sites for hydroxylation is 1. The molecule has 0 saturated carbocycles. The van der Waals surface area contributed by atoms with E-state index >= 15 is 0 Å². The molecule has 2 nitrogen and oxygen atoms in total. The number of allylic oxidation sites excluding steroid dienone is 1. The molecule has 12 heavy (non-hydrogen) atoms. The average molecular weight is 162 g/mol. The number of phenolic OH excluding ortho intramolecular Hbond substituents is 1. The second kappa shape index (κ2) is 3.72. The minimum absolute atomic E-state index is 0.246. The highest BCUT2D eigenvalue weighted by molar-refractivity contribution is 5.74. The highest BCUT2D eigenvalue weighted by Crippen LogP contribution is 2.16. The van der Waals surface area contributed by atoms with Gasteiger partial charge in [0.15, 0.2) is 0 Å². The van der Waals surface area contributed by atoms with Gasteiger partial charge in [-0.2, -0.15) is 0 Å². The maximum absolute atomic E-state index is 10.0. The predicted molar refractivity (Wildman–Crippen MR) is 47.9 cm³/mol. The summed E-state index contributed by atoms with van der Waals surface area (Å²) in [5.41, 5.74) is 1.90. The van der Waals surface area contributed by atoms with Crippen LogP contribution in [0.15, 0.2) is 24.3 Å². The molecule has 1 rings (SSSR count). The summed E-state index contributed by atoms with van der Waals surface area (Å²) in [6.45, 7) is 1.88. The van der Waals surface area contributed by atoms with Gasteiger partial charge in [-0.3, -0.25) is 4.79 Å². The van der Waals surface area contributed by atoms with Crippen molar-refractivity contribution >= 4 is 12.4 Å². The molecule has 62 valence electrons. The molecule has 1 aromatic rings. The van der Waals surface area contributed by atoms with Crippen LogP contribution in [0.3, 0.4) is 0 Å². The van der Waals surface area contributed by atoms with Crippen LogP contribution >= 0.6 is 0 Å². The number of phenols is 1. The summed E-state index contributed by atoms with van der Waals surface area (Å²) in [5, 5.41) is 9.07. The number of aromatic hydroxyl groups is 1. The number of aldehydes is 1. The van der Waals surface area contributed by atoms with Crippen molar-refractivity contribution in [2.45, 2.75) is 6.92 Å². The first kappa shape index (κ1) is 8.53. The van der Waals surface area contributed by atoms with E-state index in [0.717, 1.165) is 17.4 Å². The number of hydrogen-bond donors (Lipinski definition) is 1. The van der Waals surface area contributed by atoms with Crippen molar-refractivity contribution in [3.05, 3.63) is 35.4 Å². The first-order chi connectivity index (χ1) is 5.74. The molecule has 0 bridgehead atoms. The highest BCUT2D eigenvalue weighted by Gasteiger charge is 1.94. The Bertz CT molecular complexity index is 314. The zero-order chi connectivity index (χ0) is 8.97. The van der Waals surface area contributed by atoms with Gasteiger partial charge in [-0.25, -0.2) is 0 Å². The quantitative estimate of drug-likeness (QED) is 0.532. The molecule has 0 atom stereocenters. The average Bonchev–Trinajstić information content (AvgIpc) is 2.03. The van der Waals surface area contributed by atoms with Gasteiger partial charge < -0.3 is 5.11 Å². The van der Waals surface area contributed by atoms with Gasteiger partial charge in [0.25, 0.3) is 0 Å². The third-order valence-electron chi connectivity index (χ3n) is 1.61. The molecule has 0 aliphatic rings. The van der Waals surface area contributed by atoms with Crippen molar-refractivity contribution in [1.82, 2.24) is 0 Å². The van der Waals surface area contributed by atoms with Crippen LogP contribution in [-0.2, 0) is 4.79 Å². The minimum atomic E-state index is 0.246. The summed E-state index contributed by atoms with van der Waals surface area (Å²) in [6, 6.07) is 5.02. The van der Waals surface area contributed by atoms with Crippen LogP contribution in [0.1, 0.15) is 11.1 Å². The first-order valence-electron chi connectivity index (χ1n) is 3.65. The normalized spacial score (nSPS) is 10.4. The monoisotopic (exact) mass is 162 g/mol. The summed E-state index contributed by atoms with van der Waals surface area (Å²) >= 11 is 0. The topological polar surface area (TPSA) is 37.3 Å². The predicted octanol–water partition coefficient (Wildman–Crippen LogP) is 1.91. The lowest BCUT2D eigenvalue weighted by Crippen LogP contribution is -1.79. The molecule has 0 aromatic heterocycles. The van der Waals surface area contributed by atoms with Gasteiger partial charge in [-0.05, 0) is 36.3 Å². The Morgan fingerprint density at radius 2 is 2.17 bits per heavy atom. The van der Waals surface area contributed by atoms with Crippen LogP contribution in [0.25, 0.3) is 6.08 Å². The molecule has 1 aromatic carbocycles. The summed E-state index contributed by atoms with van der Waals surface area (Å²) in [6.07, 6.45) is 3.87. The Morgan fingerprint density at radius 3 is 2.75 bits per heavy atom. The van der Waals surface area contributed by atoms with E-state index in [0.29, 0.717) is 0 Å². The lowest BCUT2D eigenvalue weighted by Gasteiger charge is -1.99. The number of rotatable bonds is 2. The number of hydrogen-bond acceptors (Lipinski definition) is 2. The Kier molecular flexibility index (Phi) is 2.64. The standard InChI is InChI=1S/C10H10O2/c1-8-7-10(12)5-4-9(8)3-2-6-11/h2-7,12H,1H3. The maximum atomic E-state index is 10.0. The van der Waals surface area contributed by atoms with Gasteiger partial charge in [-0.15, -0.1) is 0 Å². The van der Waals surface area contributed by atoms with Gasteiger partial charge in [0, 0.05) is 0 Å². The molecule has 0 amide bonds. The molecule has 0 radical (unpaired) electrons. The molecule has 0 saturated heterocycles. The third-order valence-corrected chi connectivity index (χ3v) is 1.61. The lowest BCUT2D eigenvalue weighted by atomic mass is 10.1. The Hall–Kier alpha value is -1.57. The van der Waals surface area contributed by atoms with Crippen molar-refractivity contribution in [3.8, 4) is 5.75 Å². The second-order valence-corrected chi connectivity index (χ2v) is 2.54. The van der Waals surface area contributed by atoms with E-state index in [4.69, 9.17) is 5.11 Å². The SMILES string of the molecule is Cc1cc(O)ccc1C=CC=O. The fourth-order valence-electron chi connectivity index (χ4n) is 0.990. The zero-order valence-electron chi connectivity index (χ0n) is 6.82. The molecule has 0 spiro atoms. The Labute approximate surface area is 71.2 Å². The molecule has 0 aliphatic carbocycles. The largest absolute Gasteiger partial charge is 0.508 e. The van der Waals surface area contributed by atoms with E-state index in [9.17, 15) is 4.79 Å². The van der Waals surface area contributed by atoms with Crippen LogP contribution in [0, 0.1) is 6.92 Å². The summed E-state index contributed by atoms with van der Waals surface area (Å²) in [4.78, 5) is 10.0. The highest BCUT2D eigenvalue weighted by atomic mass is 16.3. The van der Waals surface area contributed by atoms with E-state index in [1.807, 2.05) is 6.92 Å². The second-order valence-electron chi connectivity index (χ2n) is 2.54. The van der Waals surface area contributed by atoms with Crippen molar-refractivity contribution in [2.24, 2.45) is 0 Å². The smallest absolute Gasteiger partial charge is 0.142 e. The van der Waals surface area contributed by atoms with Crippen molar-refractivity contribution < 1.29 is 9.90 Å². The molecule has 0 aliphatic heterocycles. The Balaban J connectivity index is 3.01. The molecule has 2 heteroatoms. The molecule has 0 heterocycles. The van der Waals surface area contributed by atoms with Gasteiger partial charge in [-0.1, -0.05) is 12.1 Å². The first-order valence-corrected chi connectivity index (χ1v) is 3.65. The number of carbonyl (C=O) groups is 1. The van der Waals surface area contributed by atoms with Crippen LogP contribution in [0.4, 0.5) is 0 Å². The van der Waals surface area contributed by atoms with Crippen LogP contribution < -0.4 is 0 Å². The van der Waals surface area contributed by atoms with Crippen LogP contribution in [0.5, 0.6) is 5.75 Å². The fourth-order valence-corrected chi connectivity index (χ4v) is 0.990. The van der Waals surface area contributed by atoms with E-state index in [2.05, 4.69) is 0 Å². The van der Waals surface area contributed by atoms with E-state index in [1.54, 1.807) is 24.3 Å². The Morgan fingerprint density at radius 1 is 1.42 bits per heavy atom. The molecular weight excluding hydrogens is 152 g/mol. The maximum Gasteiger partial charge on any atom is 0.142 e. The van der Waals surface area contributed by atoms with Gasteiger partial charge in [0.05, 0.1) is 0 Å². The lowest BCUT2D eigenvalue weighted by molar-refractivity contribution is -0.104. The summed E-state index contributed by atoms with van der Waals surface area (Å²) < 4.78 is 0. The zero-order valence-corrected chi connectivity index (χ0v) is 6.82. The summed E-state index contributed by atoms with van der Waals surface area (Å²) in [7, 11) is 0. The van der Waals surface area contributed by atoms with Crippen LogP contribution in [0.2, 0.25) is 0 Å². The van der Waals surface area contributed by atoms with E-state index in [-0.39, 0.29) is 5.75 Å². The van der Waals surface area contributed by atoms with Crippen molar-refractivity contribution in [1.29, 1.82) is 0 Å². The molecule has 0 unspecified atom stereocenters. The number of benzene rings is 1. The van der Waals surface area contributed by atoms with Gasteiger partial charge in [0.2, 0.25) is 0 Å². The van der Waals surface area contributed by atoms with E-state index in [1.165, 1.54) is 6.08 Å². The summed E-state index contributed by atoms with van der Waals surface area (Å²) in [5.74, 6) is 0.246. The molecule has 1 N–H and O–H groups in total. The van der Waals surface area contributed by atoms with Gasteiger partial charge in [0.1, 0.15) is 12.0 Å². The van der Waals surface area contributed by atoms with E-state index < -0.39 is 0 Å². The molecular formula is C10H10O2. The molecule has 0 fully saturated rings. The minimum Gasteiger partial charge on any atom is -0.508 e. The number of carbonyl (C=O) groups excluding carboxylic acids is 1. The van der Waals surface area contributed by atoms with Crippen molar-refractivity contribution in [2.75, 3.05) is 0 Å². The van der Waals surface area contributed by atoms with Crippen molar-refractivity contribution in [3.63, 3.8) is 0 Å². The van der Waals surface area contributed by atoms with Gasteiger partial charge >= 0.3 is 0 Å².